The number of azo groups is 2. The number of hydrogen-bond acceptors (Lipinski definition) is 6. The van der Waals surface area contributed by atoms with Crippen molar-refractivity contribution >= 4 is 22.7 Å². The lowest BCUT2D eigenvalue weighted by atomic mass is 10.3. The lowest BCUT2D eigenvalue weighted by Gasteiger charge is -1.91. The quantitative estimate of drug-likeness (QED) is 0.335. The topological polar surface area (TPSA) is 119 Å². The minimum absolute atomic E-state index is 0. The summed E-state index contributed by atoms with van der Waals surface area (Å²) < 4.78 is 0. The fourth-order valence-electron chi connectivity index (χ4n) is 2.21. The summed E-state index contributed by atoms with van der Waals surface area (Å²) in [7, 11) is 0. The molecule has 0 amide bonds. The van der Waals surface area contributed by atoms with Gasteiger partial charge in [-0.15, -0.1) is 0 Å². The van der Waals surface area contributed by atoms with E-state index in [0.717, 1.165) is 22.7 Å². The Kier molecular flexibility index (Phi) is 11.3. The molecule has 4 aromatic carbocycles. The van der Waals surface area contributed by atoms with Crippen LogP contribution in [0.25, 0.3) is 0 Å². The van der Waals surface area contributed by atoms with Crippen LogP contribution in [0.15, 0.2) is 142 Å². The highest BCUT2D eigenvalue weighted by molar-refractivity contribution is 5.40. The van der Waals surface area contributed by atoms with Crippen LogP contribution >= 0.6 is 0 Å². The van der Waals surface area contributed by atoms with Crippen molar-refractivity contribution in [2.24, 2.45) is 20.5 Å². The predicted molar refractivity (Wildman–Crippen MR) is 124 cm³/mol. The van der Waals surface area contributed by atoms with E-state index >= 15 is 0 Å². The average molecular weight is 399 g/mol. The zero-order valence-electron chi connectivity index (χ0n) is 16.8. The second kappa shape index (κ2) is 14.1. The Labute approximate surface area is 177 Å². The minimum Gasteiger partial charge on any atom is -0.344 e. The van der Waals surface area contributed by atoms with Gasteiger partial charge >= 0.3 is 0 Å². The zero-order chi connectivity index (χ0) is 19.3. The molecule has 0 saturated heterocycles. The first-order valence-corrected chi connectivity index (χ1v) is 8.94. The molecule has 0 unspecified atom stereocenters. The Morgan fingerprint density at radius 3 is 0.600 bits per heavy atom. The molecule has 6 heteroatoms. The summed E-state index contributed by atoms with van der Waals surface area (Å²) in [5.74, 6) is 0. The molecular weight excluding hydrogens is 372 g/mol. The maximum atomic E-state index is 4.10. The van der Waals surface area contributed by atoms with E-state index in [0.29, 0.717) is 0 Å². The molecule has 30 heavy (non-hydrogen) atoms. The van der Waals surface area contributed by atoms with Gasteiger partial charge in [-0.1, -0.05) is 72.8 Å². The van der Waals surface area contributed by atoms with Crippen LogP contribution in [-0.4, -0.2) is 0 Å². The summed E-state index contributed by atoms with van der Waals surface area (Å²) in [6.45, 7) is 0. The number of benzene rings is 4. The van der Waals surface area contributed by atoms with Crippen molar-refractivity contribution in [3.8, 4) is 0 Å². The van der Waals surface area contributed by atoms with Crippen LogP contribution in [0.4, 0.5) is 22.7 Å². The van der Waals surface area contributed by atoms with E-state index in [2.05, 4.69) is 20.5 Å². The van der Waals surface area contributed by atoms with Crippen molar-refractivity contribution in [3.63, 3.8) is 0 Å². The van der Waals surface area contributed by atoms with Gasteiger partial charge in [0.2, 0.25) is 0 Å². The predicted octanol–water partition coefficient (Wildman–Crippen LogP) is 8.53. The molecule has 4 aromatic rings. The van der Waals surface area contributed by atoms with E-state index < -0.39 is 0 Å². The summed E-state index contributed by atoms with van der Waals surface area (Å²) >= 11 is 0. The van der Waals surface area contributed by atoms with Crippen molar-refractivity contribution in [1.29, 1.82) is 0 Å². The number of hydrogen-bond donors (Lipinski definition) is 2. The Morgan fingerprint density at radius 2 is 0.433 bits per heavy atom. The monoisotopic (exact) mass is 398 g/mol. The third-order valence-corrected chi connectivity index (χ3v) is 3.59. The molecule has 4 rings (SSSR count). The van der Waals surface area contributed by atoms with Gasteiger partial charge < -0.3 is 12.3 Å². The highest BCUT2D eigenvalue weighted by Crippen LogP contribution is 2.17. The number of nitrogens with zero attached hydrogens (tertiary/aromatic N) is 4. The Morgan fingerprint density at radius 1 is 0.267 bits per heavy atom. The molecule has 0 atom stereocenters. The van der Waals surface area contributed by atoms with Gasteiger partial charge in [0.1, 0.15) is 0 Å². The summed E-state index contributed by atoms with van der Waals surface area (Å²) in [5, 5.41) is 16.4. The van der Waals surface area contributed by atoms with Crippen molar-refractivity contribution in [1.82, 2.24) is 12.3 Å². The minimum atomic E-state index is 0. The van der Waals surface area contributed by atoms with E-state index in [1.54, 1.807) is 0 Å². The number of rotatable bonds is 4. The molecule has 6 N–H and O–H groups in total. The van der Waals surface area contributed by atoms with Gasteiger partial charge in [0.25, 0.3) is 0 Å². The van der Waals surface area contributed by atoms with Gasteiger partial charge in [0.15, 0.2) is 0 Å². The van der Waals surface area contributed by atoms with Crippen molar-refractivity contribution in [3.05, 3.63) is 121 Å². The van der Waals surface area contributed by atoms with E-state index in [1.165, 1.54) is 0 Å². The van der Waals surface area contributed by atoms with Gasteiger partial charge in [-0.25, -0.2) is 0 Å². The Balaban J connectivity index is 0.000000281. The summed E-state index contributed by atoms with van der Waals surface area (Å²) in [6.07, 6.45) is 0. The van der Waals surface area contributed by atoms with Crippen LogP contribution in [0.3, 0.4) is 0 Å². The fraction of sp³-hybridized carbons (Fsp3) is 0. The highest BCUT2D eigenvalue weighted by Gasteiger charge is 1.87. The molecule has 152 valence electrons. The molecule has 0 saturated carbocycles. The molecule has 0 fully saturated rings. The summed E-state index contributed by atoms with van der Waals surface area (Å²) in [5.41, 5.74) is 3.49. The van der Waals surface area contributed by atoms with Crippen LogP contribution in [-0.2, 0) is 0 Å². The van der Waals surface area contributed by atoms with Crippen molar-refractivity contribution in [2.45, 2.75) is 0 Å². The van der Waals surface area contributed by atoms with E-state index in [4.69, 9.17) is 0 Å². The molecule has 0 aliphatic heterocycles. The first-order valence-electron chi connectivity index (χ1n) is 8.94. The molecule has 0 spiro atoms. The zero-order valence-corrected chi connectivity index (χ0v) is 16.8. The molecule has 0 aliphatic rings. The van der Waals surface area contributed by atoms with Gasteiger partial charge in [-0.05, 0) is 48.5 Å². The maximum absolute atomic E-state index is 4.10. The summed E-state index contributed by atoms with van der Waals surface area (Å²) in [4.78, 5) is 0. The van der Waals surface area contributed by atoms with Crippen LogP contribution < -0.4 is 12.3 Å². The van der Waals surface area contributed by atoms with Crippen molar-refractivity contribution in [2.75, 3.05) is 0 Å². The van der Waals surface area contributed by atoms with Crippen LogP contribution in [0.2, 0.25) is 0 Å². The van der Waals surface area contributed by atoms with Crippen molar-refractivity contribution < 1.29 is 0 Å². The van der Waals surface area contributed by atoms with Gasteiger partial charge in [-0.3, -0.25) is 0 Å². The third kappa shape index (κ3) is 8.79. The third-order valence-electron chi connectivity index (χ3n) is 3.59. The van der Waals surface area contributed by atoms with E-state index in [1.807, 2.05) is 121 Å². The lowest BCUT2D eigenvalue weighted by molar-refractivity contribution is 1.23. The van der Waals surface area contributed by atoms with Gasteiger partial charge in [0.05, 0.1) is 22.7 Å². The largest absolute Gasteiger partial charge is 0.344 e. The van der Waals surface area contributed by atoms with Crippen LogP contribution in [0.1, 0.15) is 0 Å². The Hall–Kier alpha value is -4.00. The molecule has 0 radical (unpaired) electrons. The highest BCUT2D eigenvalue weighted by atomic mass is 15.1. The van der Waals surface area contributed by atoms with Gasteiger partial charge in [0, 0.05) is 0 Å². The second-order valence-corrected chi connectivity index (χ2v) is 5.74. The van der Waals surface area contributed by atoms with Crippen LogP contribution in [0.5, 0.6) is 0 Å². The first-order chi connectivity index (χ1) is 13.9. The molecule has 6 nitrogen and oxygen atoms in total. The van der Waals surface area contributed by atoms with Gasteiger partial charge in [-0.2, -0.15) is 20.5 Å². The molecule has 0 heterocycles. The van der Waals surface area contributed by atoms with E-state index in [9.17, 15) is 0 Å². The van der Waals surface area contributed by atoms with Crippen LogP contribution in [0, 0.1) is 0 Å². The fourth-order valence-corrected chi connectivity index (χ4v) is 2.21. The molecular formula is C24H26N6. The maximum Gasteiger partial charge on any atom is 0.0857 e. The molecule has 0 bridgehead atoms. The lowest BCUT2D eigenvalue weighted by Crippen LogP contribution is -1.62. The standard InChI is InChI=1S/2C12H10N2.2H3N/c2*1-3-7-11(8-4-1)13-14-12-9-5-2-6-10-12;;/h2*1-10H;2*1H3. The SMILES string of the molecule is N.N.c1ccc(N=Nc2ccccc2)cc1.c1ccc(N=Nc2ccccc2)cc1. The Bertz CT molecular complexity index is 821. The molecule has 0 aromatic heterocycles. The van der Waals surface area contributed by atoms with E-state index in [-0.39, 0.29) is 12.3 Å². The summed E-state index contributed by atoms with van der Waals surface area (Å²) in [6, 6.07) is 38.8. The second-order valence-electron chi connectivity index (χ2n) is 5.74. The smallest absolute Gasteiger partial charge is 0.0857 e. The first kappa shape index (κ1) is 24.0. The molecule has 0 aliphatic carbocycles. The average Bonchev–Trinajstić information content (AvgIpc) is 2.80. The normalized spacial score (nSPS) is 9.87.